The zero-order valence-electron chi connectivity index (χ0n) is 15.6. The number of rotatable bonds is 3. The van der Waals surface area contributed by atoms with E-state index in [1.54, 1.807) is 38.1 Å². The average molecular weight is 399 g/mol. The Morgan fingerprint density at radius 1 is 1.10 bits per heavy atom. The number of benzene rings is 2. The van der Waals surface area contributed by atoms with Crippen LogP contribution in [0.4, 0.5) is 24.5 Å². The molecular weight excluding hydrogens is 383 g/mol. The fraction of sp³-hybridized carbons (Fsp3) is 0.190. The summed E-state index contributed by atoms with van der Waals surface area (Å²) in [5.41, 5.74) is 2.03. The summed E-state index contributed by atoms with van der Waals surface area (Å²) in [6.45, 7) is 3.79. The van der Waals surface area contributed by atoms with Crippen LogP contribution in [-0.2, 0) is 17.5 Å². The predicted molar refractivity (Wildman–Crippen MR) is 101 cm³/mol. The second kappa shape index (κ2) is 6.88. The number of amides is 1. The molecule has 3 aromatic rings. The van der Waals surface area contributed by atoms with Crippen molar-refractivity contribution in [1.29, 1.82) is 0 Å². The molecule has 1 amide bonds. The molecule has 4 rings (SSSR count). The van der Waals surface area contributed by atoms with Crippen LogP contribution < -0.4 is 4.90 Å². The number of anilines is 1. The maximum absolute atomic E-state index is 13.1. The first-order valence-electron chi connectivity index (χ1n) is 8.84. The van der Waals surface area contributed by atoms with E-state index in [9.17, 15) is 18.0 Å². The number of aliphatic imine (C=N–C) groups is 1. The van der Waals surface area contributed by atoms with Gasteiger partial charge in [-0.25, -0.2) is 4.99 Å². The Hall–Kier alpha value is -3.42. The molecule has 148 valence electrons. The minimum absolute atomic E-state index is 0.0668. The van der Waals surface area contributed by atoms with Crippen molar-refractivity contribution >= 4 is 23.0 Å². The zero-order valence-corrected chi connectivity index (χ0v) is 15.6. The molecule has 0 saturated heterocycles. The molecule has 0 saturated carbocycles. The van der Waals surface area contributed by atoms with E-state index < -0.39 is 11.7 Å². The van der Waals surface area contributed by atoms with Crippen LogP contribution >= 0.6 is 0 Å². The Balaban J connectivity index is 1.76. The molecule has 2 aromatic carbocycles. The number of carbonyl (C=O) groups is 1. The van der Waals surface area contributed by atoms with Gasteiger partial charge in [-0.1, -0.05) is 29.4 Å². The van der Waals surface area contributed by atoms with Crippen LogP contribution in [0.25, 0.3) is 0 Å². The SMILES string of the molecule is Cc1noc(C)c1CN1C(=O)C(=Nc2cccc(C(F)(F)F)c2)c2ccccc21. The maximum atomic E-state index is 13.1. The number of hydrogen-bond acceptors (Lipinski definition) is 4. The van der Waals surface area contributed by atoms with Crippen LogP contribution in [0, 0.1) is 13.8 Å². The molecule has 8 heteroatoms. The molecule has 0 bridgehead atoms. The number of fused-ring (bicyclic) bond motifs is 1. The molecule has 0 atom stereocenters. The highest BCUT2D eigenvalue weighted by molar-refractivity contribution is 6.54. The lowest BCUT2D eigenvalue weighted by Crippen LogP contribution is -2.29. The molecular formula is C21H16F3N3O2. The van der Waals surface area contributed by atoms with Crippen LogP contribution in [-0.4, -0.2) is 16.8 Å². The third-order valence-electron chi connectivity index (χ3n) is 4.81. The largest absolute Gasteiger partial charge is 0.416 e. The topological polar surface area (TPSA) is 58.7 Å². The first-order valence-corrected chi connectivity index (χ1v) is 8.84. The van der Waals surface area contributed by atoms with Gasteiger partial charge in [-0.3, -0.25) is 4.79 Å². The fourth-order valence-electron chi connectivity index (χ4n) is 3.29. The highest BCUT2D eigenvalue weighted by Gasteiger charge is 2.35. The van der Waals surface area contributed by atoms with Crippen LogP contribution in [0.5, 0.6) is 0 Å². The second-order valence-corrected chi connectivity index (χ2v) is 6.72. The molecule has 0 spiro atoms. The number of nitrogens with zero attached hydrogens (tertiary/aromatic N) is 3. The molecule has 0 unspecified atom stereocenters. The van der Waals surface area contributed by atoms with Crippen LogP contribution in [0.3, 0.4) is 0 Å². The van der Waals surface area contributed by atoms with Gasteiger partial charge < -0.3 is 9.42 Å². The van der Waals surface area contributed by atoms with Gasteiger partial charge in [-0.05, 0) is 38.1 Å². The quantitative estimate of drug-likeness (QED) is 0.624. The summed E-state index contributed by atoms with van der Waals surface area (Å²) < 4.78 is 44.2. The number of aryl methyl sites for hydroxylation is 2. The summed E-state index contributed by atoms with van der Waals surface area (Å²) in [6, 6.07) is 11.7. The van der Waals surface area contributed by atoms with Gasteiger partial charge in [-0.2, -0.15) is 13.2 Å². The molecule has 5 nitrogen and oxygen atoms in total. The summed E-state index contributed by atoms with van der Waals surface area (Å²) >= 11 is 0. The van der Waals surface area contributed by atoms with Gasteiger partial charge in [0.15, 0.2) is 0 Å². The van der Waals surface area contributed by atoms with E-state index in [1.807, 2.05) is 0 Å². The van der Waals surface area contributed by atoms with E-state index in [2.05, 4.69) is 10.1 Å². The number of para-hydroxylation sites is 1. The molecule has 0 fully saturated rings. The Kier molecular flexibility index (Phi) is 4.49. The van der Waals surface area contributed by atoms with Crippen molar-refractivity contribution in [2.24, 2.45) is 4.99 Å². The molecule has 0 N–H and O–H groups in total. The van der Waals surface area contributed by atoms with Crippen molar-refractivity contribution in [3.05, 3.63) is 76.7 Å². The summed E-state index contributed by atoms with van der Waals surface area (Å²) in [7, 11) is 0. The van der Waals surface area contributed by atoms with Crippen molar-refractivity contribution in [3.8, 4) is 0 Å². The minimum atomic E-state index is -4.48. The highest BCUT2D eigenvalue weighted by Crippen LogP contribution is 2.35. The van der Waals surface area contributed by atoms with E-state index >= 15 is 0 Å². The van der Waals surface area contributed by atoms with Gasteiger partial charge in [0.25, 0.3) is 5.91 Å². The van der Waals surface area contributed by atoms with E-state index in [1.165, 1.54) is 17.0 Å². The second-order valence-electron chi connectivity index (χ2n) is 6.72. The maximum Gasteiger partial charge on any atom is 0.416 e. The third-order valence-corrected chi connectivity index (χ3v) is 4.81. The van der Waals surface area contributed by atoms with Gasteiger partial charge >= 0.3 is 6.18 Å². The fourth-order valence-corrected chi connectivity index (χ4v) is 3.29. The third kappa shape index (κ3) is 3.41. The molecule has 29 heavy (non-hydrogen) atoms. The number of hydrogen-bond donors (Lipinski definition) is 0. The van der Waals surface area contributed by atoms with Crippen LogP contribution in [0.2, 0.25) is 0 Å². The highest BCUT2D eigenvalue weighted by atomic mass is 19.4. The zero-order chi connectivity index (χ0) is 20.8. The van der Waals surface area contributed by atoms with Crippen LogP contribution in [0.1, 0.15) is 28.1 Å². The molecule has 2 heterocycles. The van der Waals surface area contributed by atoms with Gasteiger partial charge in [0, 0.05) is 11.1 Å². The van der Waals surface area contributed by atoms with E-state index in [4.69, 9.17) is 4.52 Å². The van der Waals surface area contributed by atoms with E-state index in [-0.39, 0.29) is 23.9 Å². The molecule has 0 radical (unpaired) electrons. The van der Waals surface area contributed by atoms with Crippen molar-refractivity contribution in [1.82, 2.24) is 5.16 Å². The average Bonchev–Trinajstić information content (AvgIpc) is 3.14. The van der Waals surface area contributed by atoms with Crippen molar-refractivity contribution in [3.63, 3.8) is 0 Å². The van der Waals surface area contributed by atoms with Gasteiger partial charge in [0.05, 0.1) is 29.2 Å². The summed E-state index contributed by atoms with van der Waals surface area (Å²) in [6.07, 6.45) is -4.48. The normalized spacial score (nSPS) is 15.3. The first-order chi connectivity index (χ1) is 13.8. The minimum Gasteiger partial charge on any atom is -0.361 e. The summed E-state index contributed by atoms with van der Waals surface area (Å²) in [4.78, 5) is 18.9. The number of alkyl halides is 3. The Morgan fingerprint density at radius 2 is 1.86 bits per heavy atom. The molecule has 1 aromatic heterocycles. The van der Waals surface area contributed by atoms with E-state index in [0.717, 1.165) is 17.7 Å². The molecule has 1 aliphatic rings. The van der Waals surface area contributed by atoms with Crippen molar-refractivity contribution < 1.29 is 22.5 Å². The van der Waals surface area contributed by atoms with Crippen molar-refractivity contribution in [2.45, 2.75) is 26.6 Å². The first kappa shape index (κ1) is 18.9. The van der Waals surface area contributed by atoms with E-state index in [0.29, 0.717) is 22.7 Å². The number of aromatic nitrogens is 1. The lowest BCUT2D eigenvalue weighted by Gasteiger charge is -2.16. The molecule has 0 aliphatic carbocycles. The Morgan fingerprint density at radius 3 is 2.55 bits per heavy atom. The Bertz CT molecular complexity index is 1110. The predicted octanol–water partition coefficient (Wildman–Crippen LogP) is 4.98. The van der Waals surface area contributed by atoms with Gasteiger partial charge in [-0.15, -0.1) is 0 Å². The smallest absolute Gasteiger partial charge is 0.361 e. The number of carbonyl (C=O) groups excluding carboxylic acids is 1. The molecule has 1 aliphatic heterocycles. The van der Waals surface area contributed by atoms with Crippen LogP contribution in [0.15, 0.2) is 58.0 Å². The lowest BCUT2D eigenvalue weighted by molar-refractivity contribution is -0.137. The monoisotopic (exact) mass is 399 g/mol. The summed E-state index contributed by atoms with van der Waals surface area (Å²) in [5.74, 6) is 0.222. The van der Waals surface area contributed by atoms with Gasteiger partial charge in [0.2, 0.25) is 0 Å². The summed E-state index contributed by atoms with van der Waals surface area (Å²) in [5, 5.41) is 3.91. The van der Waals surface area contributed by atoms with Gasteiger partial charge in [0.1, 0.15) is 11.5 Å². The lowest BCUT2D eigenvalue weighted by atomic mass is 10.1. The Labute approximate surface area is 164 Å². The number of halogens is 3. The van der Waals surface area contributed by atoms with Crippen molar-refractivity contribution in [2.75, 3.05) is 4.90 Å². The standard InChI is InChI=1S/C21H16F3N3O2/c1-12-17(13(2)29-26-12)11-27-18-9-4-3-8-16(18)19(20(27)28)25-15-7-5-6-14(10-15)21(22,23)24/h3-10H,11H2,1-2H3.